The highest BCUT2D eigenvalue weighted by Gasteiger charge is 2.46. The molecule has 1 saturated heterocycles. The Morgan fingerprint density at radius 3 is 2.63 bits per heavy atom. The molecule has 6 nitrogen and oxygen atoms in total. The van der Waals surface area contributed by atoms with Crippen molar-refractivity contribution in [2.45, 2.75) is 45.1 Å². The number of amides is 1. The highest BCUT2D eigenvalue weighted by atomic mass is 16.5. The lowest BCUT2D eigenvalue weighted by Crippen LogP contribution is -2.45. The number of methoxy groups -OCH3 is 1. The Morgan fingerprint density at radius 2 is 2.07 bits per heavy atom. The quantitative estimate of drug-likeness (QED) is 0.762. The first kappa shape index (κ1) is 20.0. The van der Waals surface area contributed by atoms with E-state index in [2.05, 4.69) is 6.92 Å². The topological polar surface area (TPSA) is 85.0 Å². The summed E-state index contributed by atoms with van der Waals surface area (Å²) in [4.78, 5) is 14.3. The third-order valence-corrected chi connectivity index (χ3v) is 5.83. The van der Waals surface area contributed by atoms with Gasteiger partial charge in [-0.25, -0.2) is 0 Å². The van der Waals surface area contributed by atoms with Crippen LogP contribution in [-0.4, -0.2) is 54.9 Å². The average molecular weight is 376 g/mol. The molecular formula is C21H32N2O4. The molecule has 3 N–H and O–H groups in total. The van der Waals surface area contributed by atoms with E-state index >= 15 is 0 Å². The fourth-order valence-electron chi connectivity index (χ4n) is 3.82. The third-order valence-electron chi connectivity index (χ3n) is 5.83. The molecule has 1 aromatic rings. The summed E-state index contributed by atoms with van der Waals surface area (Å²) in [5.41, 5.74) is 5.55. The lowest BCUT2D eigenvalue weighted by molar-refractivity contribution is -0.147. The number of hydrogen-bond donors (Lipinski definition) is 2. The second-order valence-electron chi connectivity index (χ2n) is 8.82. The van der Waals surface area contributed by atoms with Crippen LogP contribution in [0.3, 0.4) is 0 Å². The molecular weight excluding hydrogens is 344 g/mol. The smallest absolute Gasteiger partial charge is 0.253 e. The van der Waals surface area contributed by atoms with E-state index in [-0.39, 0.29) is 17.2 Å². The Balaban J connectivity index is 1.86. The minimum atomic E-state index is -1.39. The van der Waals surface area contributed by atoms with Gasteiger partial charge in [0.2, 0.25) is 0 Å². The van der Waals surface area contributed by atoms with E-state index in [4.69, 9.17) is 15.2 Å². The molecule has 1 aliphatic heterocycles. The van der Waals surface area contributed by atoms with Gasteiger partial charge in [-0.2, -0.15) is 0 Å². The fraction of sp³-hybridized carbons (Fsp3) is 0.667. The van der Waals surface area contributed by atoms with Crippen molar-refractivity contribution in [3.05, 3.63) is 23.8 Å². The van der Waals surface area contributed by atoms with Gasteiger partial charge in [0, 0.05) is 31.0 Å². The van der Waals surface area contributed by atoms with E-state index in [0.29, 0.717) is 32.2 Å². The minimum absolute atomic E-state index is 0.0722. The second-order valence-corrected chi connectivity index (χ2v) is 8.82. The maximum absolute atomic E-state index is 12.6. The summed E-state index contributed by atoms with van der Waals surface area (Å²) in [6.07, 6.45) is 2.45. The molecule has 150 valence electrons. The predicted molar refractivity (Wildman–Crippen MR) is 104 cm³/mol. The van der Waals surface area contributed by atoms with Gasteiger partial charge in [0.25, 0.3) is 5.91 Å². The van der Waals surface area contributed by atoms with Crippen LogP contribution in [0.2, 0.25) is 0 Å². The Labute approximate surface area is 161 Å². The lowest BCUT2D eigenvalue weighted by Gasteiger charge is -2.29. The summed E-state index contributed by atoms with van der Waals surface area (Å²) in [6, 6.07) is 5.98. The van der Waals surface area contributed by atoms with E-state index in [1.165, 1.54) is 26.7 Å². The zero-order chi connectivity index (χ0) is 19.8. The molecule has 3 rings (SSSR count). The number of carbonyl (C=O) groups excluding carboxylic acids is 1. The molecule has 1 aliphatic carbocycles. The number of carbonyl (C=O) groups is 1. The van der Waals surface area contributed by atoms with Crippen molar-refractivity contribution in [3.63, 3.8) is 0 Å². The van der Waals surface area contributed by atoms with Crippen molar-refractivity contribution in [3.8, 4) is 11.5 Å². The summed E-state index contributed by atoms with van der Waals surface area (Å²) in [5, 5.41) is 10.1. The zero-order valence-corrected chi connectivity index (χ0v) is 16.8. The van der Waals surface area contributed by atoms with E-state index in [1.54, 1.807) is 12.0 Å². The molecule has 0 radical (unpaired) electrons. The molecule has 1 amide bonds. The maximum Gasteiger partial charge on any atom is 0.253 e. The van der Waals surface area contributed by atoms with Gasteiger partial charge in [-0.3, -0.25) is 4.79 Å². The van der Waals surface area contributed by atoms with Crippen LogP contribution in [0.25, 0.3) is 0 Å². The van der Waals surface area contributed by atoms with Crippen LogP contribution in [-0.2, 0) is 4.79 Å². The monoisotopic (exact) mass is 376 g/mol. The molecule has 2 fully saturated rings. The van der Waals surface area contributed by atoms with Crippen LogP contribution >= 0.6 is 0 Å². The Kier molecular flexibility index (Phi) is 5.41. The van der Waals surface area contributed by atoms with E-state index in [0.717, 1.165) is 17.1 Å². The number of benzene rings is 1. The standard InChI is InChI=1S/C21H32N2O4/c1-20(2,25)19(24)23-10-16(21(3,12-22)13-23)15-7-8-17(26-4)18(9-15)27-11-14-5-6-14/h7-9,14,16,25H,5-6,10-13,22H2,1-4H3/t16-,21+/m0/s1. The number of nitrogens with zero attached hydrogens (tertiary/aromatic N) is 1. The fourth-order valence-corrected chi connectivity index (χ4v) is 3.82. The van der Waals surface area contributed by atoms with Crippen molar-refractivity contribution >= 4 is 5.91 Å². The molecule has 1 saturated carbocycles. The molecule has 6 heteroatoms. The van der Waals surface area contributed by atoms with E-state index in [9.17, 15) is 9.90 Å². The minimum Gasteiger partial charge on any atom is -0.493 e. The number of aliphatic hydroxyl groups is 1. The summed E-state index contributed by atoms with van der Waals surface area (Å²) < 4.78 is 11.5. The van der Waals surface area contributed by atoms with Gasteiger partial charge >= 0.3 is 0 Å². The SMILES string of the molecule is COc1ccc([C@@H]2CN(C(=O)C(C)(C)O)C[C@@]2(C)CN)cc1OCC1CC1. The average Bonchev–Trinajstić information content (AvgIpc) is 3.39. The van der Waals surface area contributed by atoms with Crippen LogP contribution < -0.4 is 15.2 Å². The summed E-state index contributed by atoms with van der Waals surface area (Å²) in [6.45, 7) is 7.38. The predicted octanol–water partition coefficient (Wildman–Crippen LogP) is 2.15. The van der Waals surface area contributed by atoms with Crippen LogP contribution in [0, 0.1) is 11.3 Å². The molecule has 2 atom stereocenters. The van der Waals surface area contributed by atoms with Gasteiger partial charge in [-0.15, -0.1) is 0 Å². The molecule has 0 unspecified atom stereocenters. The molecule has 27 heavy (non-hydrogen) atoms. The molecule has 1 aromatic carbocycles. The first-order valence-corrected chi connectivity index (χ1v) is 9.70. The summed E-state index contributed by atoms with van der Waals surface area (Å²) >= 11 is 0. The van der Waals surface area contributed by atoms with Crippen LogP contribution in [0.1, 0.15) is 45.1 Å². The zero-order valence-electron chi connectivity index (χ0n) is 16.8. The number of likely N-dealkylation sites (tertiary alicyclic amines) is 1. The van der Waals surface area contributed by atoms with Crippen LogP contribution in [0.4, 0.5) is 0 Å². The van der Waals surface area contributed by atoms with Crippen molar-refractivity contribution < 1.29 is 19.4 Å². The van der Waals surface area contributed by atoms with Gasteiger partial charge in [0.05, 0.1) is 13.7 Å². The normalized spacial score (nSPS) is 25.6. The number of ether oxygens (including phenoxy) is 2. The molecule has 0 bridgehead atoms. The Morgan fingerprint density at radius 1 is 1.37 bits per heavy atom. The van der Waals surface area contributed by atoms with Gasteiger partial charge in [0.1, 0.15) is 5.60 Å². The van der Waals surface area contributed by atoms with Gasteiger partial charge in [0.15, 0.2) is 11.5 Å². The summed E-state index contributed by atoms with van der Waals surface area (Å²) in [7, 11) is 1.64. The van der Waals surface area contributed by atoms with Crippen LogP contribution in [0.15, 0.2) is 18.2 Å². The van der Waals surface area contributed by atoms with Crippen LogP contribution in [0.5, 0.6) is 11.5 Å². The van der Waals surface area contributed by atoms with Crippen molar-refractivity contribution in [1.29, 1.82) is 0 Å². The molecule has 2 aliphatic rings. The van der Waals surface area contributed by atoms with Gasteiger partial charge < -0.3 is 25.2 Å². The lowest BCUT2D eigenvalue weighted by atomic mass is 9.76. The van der Waals surface area contributed by atoms with E-state index in [1.807, 2.05) is 18.2 Å². The number of nitrogens with two attached hydrogens (primary N) is 1. The van der Waals surface area contributed by atoms with Gasteiger partial charge in [-0.1, -0.05) is 13.0 Å². The Hall–Kier alpha value is -1.79. The highest BCUT2D eigenvalue weighted by Crippen LogP contribution is 2.45. The number of rotatable bonds is 7. The number of hydrogen-bond acceptors (Lipinski definition) is 5. The molecule has 0 aromatic heterocycles. The van der Waals surface area contributed by atoms with E-state index < -0.39 is 5.60 Å². The van der Waals surface area contributed by atoms with Crippen molar-refractivity contribution in [2.24, 2.45) is 17.1 Å². The maximum atomic E-state index is 12.6. The second kappa shape index (κ2) is 7.32. The van der Waals surface area contributed by atoms with Crippen molar-refractivity contribution in [2.75, 3.05) is 33.4 Å². The first-order chi connectivity index (χ1) is 12.7. The highest BCUT2D eigenvalue weighted by molar-refractivity contribution is 5.84. The molecule has 0 spiro atoms. The largest absolute Gasteiger partial charge is 0.493 e. The third kappa shape index (κ3) is 4.22. The van der Waals surface area contributed by atoms with Crippen molar-refractivity contribution in [1.82, 2.24) is 4.90 Å². The first-order valence-electron chi connectivity index (χ1n) is 9.70. The van der Waals surface area contributed by atoms with Gasteiger partial charge in [-0.05, 0) is 50.3 Å². The molecule has 1 heterocycles. The Bertz CT molecular complexity index is 696. The summed E-state index contributed by atoms with van der Waals surface area (Å²) in [5.74, 6) is 1.93.